The van der Waals surface area contributed by atoms with Crippen LogP contribution in [0.1, 0.15) is 21.5 Å². The summed E-state index contributed by atoms with van der Waals surface area (Å²) in [7, 11) is 0. The third-order valence-electron chi connectivity index (χ3n) is 4.50. The molecule has 1 aliphatic heterocycles. The van der Waals surface area contributed by atoms with Crippen LogP contribution in [-0.2, 0) is 11.3 Å². The molecule has 2 N–H and O–H groups in total. The van der Waals surface area contributed by atoms with Crippen LogP contribution in [0.15, 0.2) is 76.5 Å². The van der Waals surface area contributed by atoms with Gasteiger partial charge in [0.2, 0.25) is 0 Å². The summed E-state index contributed by atoms with van der Waals surface area (Å²) in [4.78, 5) is 26.5. The molecular formula is C23H16Cl2N2O2S. The van der Waals surface area contributed by atoms with E-state index in [1.165, 1.54) is 11.8 Å². The van der Waals surface area contributed by atoms with E-state index < -0.39 is 0 Å². The molecule has 7 heteroatoms. The number of fused-ring (bicyclic) bond motifs is 1. The molecule has 0 spiro atoms. The number of amides is 2. The zero-order valence-electron chi connectivity index (χ0n) is 15.6. The highest BCUT2D eigenvalue weighted by molar-refractivity contribution is 8.04. The van der Waals surface area contributed by atoms with Crippen LogP contribution in [0.3, 0.4) is 0 Å². The number of halogens is 2. The smallest absolute Gasteiger partial charge is 0.262 e. The van der Waals surface area contributed by atoms with Gasteiger partial charge in [-0.1, -0.05) is 65.3 Å². The minimum atomic E-state index is -0.237. The van der Waals surface area contributed by atoms with Crippen LogP contribution in [0.4, 0.5) is 5.69 Å². The first-order valence-corrected chi connectivity index (χ1v) is 10.7. The second-order valence-electron chi connectivity index (χ2n) is 6.60. The van der Waals surface area contributed by atoms with Gasteiger partial charge in [0.05, 0.1) is 10.6 Å². The molecule has 0 radical (unpaired) electrons. The molecule has 1 heterocycles. The Hall–Kier alpha value is -2.73. The summed E-state index contributed by atoms with van der Waals surface area (Å²) in [5.41, 5.74) is 2.80. The van der Waals surface area contributed by atoms with Crippen LogP contribution in [0, 0.1) is 0 Å². The van der Waals surface area contributed by atoms with E-state index in [-0.39, 0.29) is 11.8 Å². The molecule has 1 aliphatic rings. The average Bonchev–Trinajstić information content (AvgIpc) is 2.74. The lowest BCUT2D eigenvalue weighted by Crippen LogP contribution is -2.24. The minimum absolute atomic E-state index is 0.212. The van der Waals surface area contributed by atoms with Crippen LogP contribution in [0.25, 0.3) is 6.08 Å². The lowest BCUT2D eigenvalue weighted by Gasteiger charge is -2.19. The molecule has 4 nitrogen and oxygen atoms in total. The lowest BCUT2D eigenvalue weighted by atomic mass is 10.1. The van der Waals surface area contributed by atoms with E-state index in [1.54, 1.807) is 30.3 Å². The van der Waals surface area contributed by atoms with Crippen molar-refractivity contribution >= 4 is 58.5 Å². The number of carbonyl (C=O) groups excluding carboxylic acids is 2. The maximum absolute atomic E-state index is 12.5. The SMILES string of the molecule is O=C1Nc2cc(C(=O)NCc3ccccc3Cl)ccc2SC1=Cc1ccc(Cl)cc1. The quantitative estimate of drug-likeness (QED) is 0.474. The van der Waals surface area contributed by atoms with Crippen LogP contribution in [-0.4, -0.2) is 11.8 Å². The average molecular weight is 455 g/mol. The van der Waals surface area contributed by atoms with Crippen molar-refractivity contribution in [3.8, 4) is 0 Å². The predicted octanol–water partition coefficient (Wildman–Crippen LogP) is 6.01. The molecule has 0 fully saturated rings. The van der Waals surface area contributed by atoms with Crippen molar-refractivity contribution < 1.29 is 9.59 Å². The predicted molar refractivity (Wildman–Crippen MR) is 123 cm³/mol. The van der Waals surface area contributed by atoms with Gasteiger partial charge >= 0.3 is 0 Å². The maximum atomic E-state index is 12.5. The summed E-state index contributed by atoms with van der Waals surface area (Å²) in [5.74, 6) is -0.449. The fraction of sp³-hybridized carbons (Fsp3) is 0.0435. The van der Waals surface area contributed by atoms with Gasteiger partial charge in [-0.3, -0.25) is 9.59 Å². The molecular weight excluding hydrogens is 439 g/mol. The topological polar surface area (TPSA) is 58.2 Å². The molecule has 0 unspecified atom stereocenters. The first kappa shape index (κ1) is 20.5. The first-order chi connectivity index (χ1) is 14.5. The first-order valence-electron chi connectivity index (χ1n) is 9.12. The Bertz CT molecular complexity index is 1160. The summed E-state index contributed by atoms with van der Waals surface area (Å²) in [6.45, 7) is 0.324. The van der Waals surface area contributed by atoms with Crippen LogP contribution < -0.4 is 10.6 Å². The maximum Gasteiger partial charge on any atom is 0.262 e. The second kappa shape index (κ2) is 8.96. The monoisotopic (exact) mass is 454 g/mol. The van der Waals surface area contributed by atoms with Gasteiger partial charge in [-0.2, -0.15) is 0 Å². The van der Waals surface area contributed by atoms with Crippen molar-refractivity contribution in [2.24, 2.45) is 0 Å². The highest BCUT2D eigenvalue weighted by Gasteiger charge is 2.22. The molecule has 4 rings (SSSR count). The van der Waals surface area contributed by atoms with Crippen molar-refractivity contribution in [2.45, 2.75) is 11.4 Å². The highest BCUT2D eigenvalue weighted by atomic mass is 35.5. The molecule has 0 saturated carbocycles. The molecule has 0 bridgehead atoms. The van der Waals surface area contributed by atoms with E-state index in [4.69, 9.17) is 23.2 Å². The Balaban J connectivity index is 1.48. The largest absolute Gasteiger partial charge is 0.348 e. The number of hydrogen-bond donors (Lipinski definition) is 2. The molecule has 2 amide bonds. The number of thioether (sulfide) groups is 1. The summed E-state index contributed by atoms with van der Waals surface area (Å²) < 4.78 is 0. The minimum Gasteiger partial charge on any atom is -0.348 e. The zero-order chi connectivity index (χ0) is 21.1. The van der Waals surface area contributed by atoms with E-state index >= 15 is 0 Å². The molecule has 0 aromatic heterocycles. The summed E-state index contributed by atoms with van der Waals surface area (Å²) in [6.07, 6.45) is 1.81. The highest BCUT2D eigenvalue weighted by Crippen LogP contribution is 2.39. The van der Waals surface area contributed by atoms with Gasteiger partial charge in [0.15, 0.2) is 0 Å². The zero-order valence-corrected chi connectivity index (χ0v) is 17.9. The van der Waals surface area contributed by atoms with Crippen molar-refractivity contribution in [1.29, 1.82) is 0 Å². The normalized spacial score (nSPS) is 14.2. The molecule has 3 aromatic carbocycles. The summed E-state index contributed by atoms with van der Waals surface area (Å²) in [6, 6.07) is 19.9. The fourth-order valence-electron chi connectivity index (χ4n) is 2.93. The van der Waals surface area contributed by atoms with Crippen molar-refractivity contribution in [3.05, 3.63) is 98.4 Å². The number of nitrogens with one attached hydrogen (secondary N) is 2. The molecule has 0 aliphatic carbocycles. The molecule has 150 valence electrons. The Morgan fingerprint density at radius 1 is 1.03 bits per heavy atom. The van der Waals surface area contributed by atoms with E-state index in [2.05, 4.69) is 10.6 Å². The molecule has 0 atom stereocenters. The van der Waals surface area contributed by atoms with Crippen LogP contribution in [0.2, 0.25) is 10.0 Å². The fourth-order valence-corrected chi connectivity index (χ4v) is 4.19. The Morgan fingerprint density at radius 3 is 2.57 bits per heavy atom. The van der Waals surface area contributed by atoms with Gasteiger partial charge in [0.1, 0.15) is 0 Å². The number of benzene rings is 3. The third kappa shape index (κ3) is 4.70. The van der Waals surface area contributed by atoms with Crippen LogP contribution >= 0.6 is 35.0 Å². The Morgan fingerprint density at radius 2 is 1.80 bits per heavy atom. The van der Waals surface area contributed by atoms with Gasteiger partial charge in [-0.25, -0.2) is 0 Å². The van der Waals surface area contributed by atoms with Gasteiger partial charge in [0.25, 0.3) is 11.8 Å². The van der Waals surface area contributed by atoms with E-state index in [0.29, 0.717) is 32.7 Å². The van der Waals surface area contributed by atoms with Gasteiger partial charge < -0.3 is 10.6 Å². The van der Waals surface area contributed by atoms with E-state index in [1.807, 2.05) is 42.5 Å². The van der Waals surface area contributed by atoms with Crippen molar-refractivity contribution in [2.75, 3.05) is 5.32 Å². The van der Waals surface area contributed by atoms with Crippen molar-refractivity contribution in [3.63, 3.8) is 0 Å². The Kier molecular flexibility index (Phi) is 6.13. The molecule has 3 aromatic rings. The van der Waals surface area contributed by atoms with Crippen molar-refractivity contribution in [1.82, 2.24) is 5.32 Å². The number of hydrogen-bond acceptors (Lipinski definition) is 3. The van der Waals surface area contributed by atoms with E-state index in [0.717, 1.165) is 16.0 Å². The second-order valence-corrected chi connectivity index (χ2v) is 8.53. The standard InChI is InChI=1S/C23H16Cl2N2O2S/c24-17-8-5-14(6-9-17)11-21-23(29)27-19-12-15(7-10-20(19)30-21)22(28)26-13-16-3-1-2-4-18(16)25/h1-12H,13H2,(H,26,28)(H,27,29). The Labute approximate surface area is 188 Å². The number of anilines is 1. The molecule has 30 heavy (non-hydrogen) atoms. The number of rotatable bonds is 4. The summed E-state index contributed by atoms with van der Waals surface area (Å²) >= 11 is 13.4. The summed E-state index contributed by atoms with van der Waals surface area (Å²) in [5, 5.41) is 6.97. The molecule has 0 saturated heterocycles. The van der Waals surface area contributed by atoms with Gasteiger partial charge in [-0.05, 0) is 53.6 Å². The van der Waals surface area contributed by atoms with Crippen LogP contribution in [0.5, 0.6) is 0 Å². The third-order valence-corrected chi connectivity index (χ3v) is 6.22. The van der Waals surface area contributed by atoms with E-state index in [9.17, 15) is 9.59 Å². The van der Waals surface area contributed by atoms with Gasteiger partial charge in [-0.15, -0.1) is 0 Å². The number of carbonyl (C=O) groups is 2. The van der Waals surface area contributed by atoms with Gasteiger partial charge in [0, 0.05) is 27.0 Å². The lowest BCUT2D eigenvalue weighted by molar-refractivity contribution is -0.112.